The zero-order chi connectivity index (χ0) is 13.9. The van der Waals surface area contributed by atoms with Gasteiger partial charge in [-0.05, 0) is 27.3 Å². The lowest BCUT2D eigenvalue weighted by Gasteiger charge is -2.39. The summed E-state index contributed by atoms with van der Waals surface area (Å²) in [5, 5.41) is 9.05. The average Bonchev–Trinajstić information content (AvgIpc) is 2.28. The Hall–Kier alpha value is -1.10. The first-order valence-corrected chi connectivity index (χ1v) is 6.49. The molecule has 0 aliphatic carbocycles. The summed E-state index contributed by atoms with van der Waals surface area (Å²) in [5.74, 6) is -0.967. The molecule has 1 fully saturated rings. The molecule has 1 rings (SSSR count). The van der Waals surface area contributed by atoms with Gasteiger partial charge >= 0.3 is 5.97 Å². The standard InChI is InChI=1S/C13H24N2O3/c1-5-10-9-15(7-6-14(10)4)11(16)8-13(2,3)12(17)18/h10H,5-9H2,1-4H3,(H,17,18). The maximum atomic E-state index is 12.1. The topological polar surface area (TPSA) is 60.9 Å². The van der Waals surface area contributed by atoms with E-state index in [-0.39, 0.29) is 12.3 Å². The SMILES string of the molecule is CCC1CN(C(=O)CC(C)(C)C(=O)O)CCN1C. The molecular formula is C13H24N2O3. The minimum Gasteiger partial charge on any atom is -0.481 e. The molecule has 1 amide bonds. The molecule has 104 valence electrons. The van der Waals surface area contributed by atoms with Gasteiger partial charge in [-0.3, -0.25) is 14.5 Å². The predicted molar refractivity (Wildman–Crippen MR) is 69.3 cm³/mol. The van der Waals surface area contributed by atoms with Gasteiger partial charge in [0.2, 0.25) is 5.91 Å². The van der Waals surface area contributed by atoms with Crippen molar-refractivity contribution >= 4 is 11.9 Å². The summed E-state index contributed by atoms with van der Waals surface area (Å²) in [4.78, 5) is 27.2. The van der Waals surface area contributed by atoms with Crippen molar-refractivity contribution in [3.05, 3.63) is 0 Å². The van der Waals surface area contributed by atoms with Crippen LogP contribution in [0.2, 0.25) is 0 Å². The van der Waals surface area contributed by atoms with Crippen LogP contribution >= 0.6 is 0 Å². The minimum absolute atomic E-state index is 0.0473. The molecule has 0 spiro atoms. The second-order valence-corrected chi connectivity index (χ2v) is 5.75. The van der Waals surface area contributed by atoms with Crippen LogP contribution in [0.4, 0.5) is 0 Å². The number of piperazine rings is 1. The van der Waals surface area contributed by atoms with Crippen LogP contribution in [0.5, 0.6) is 0 Å². The number of carboxylic acid groups (broad SMARTS) is 1. The van der Waals surface area contributed by atoms with E-state index in [1.165, 1.54) is 0 Å². The highest BCUT2D eigenvalue weighted by atomic mass is 16.4. The van der Waals surface area contributed by atoms with Crippen molar-refractivity contribution in [2.24, 2.45) is 5.41 Å². The van der Waals surface area contributed by atoms with Crippen LogP contribution in [0.1, 0.15) is 33.6 Å². The lowest BCUT2D eigenvalue weighted by molar-refractivity contribution is -0.152. The fraction of sp³-hybridized carbons (Fsp3) is 0.846. The molecule has 1 unspecified atom stereocenters. The first-order chi connectivity index (χ1) is 8.27. The van der Waals surface area contributed by atoms with Crippen molar-refractivity contribution in [1.29, 1.82) is 0 Å². The van der Waals surface area contributed by atoms with Gasteiger partial charge in [0.25, 0.3) is 0 Å². The molecular weight excluding hydrogens is 232 g/mol. The zero-order valence-corrected chi connectivity index (χ0v) is 11.8. The summed E-state index contributed by atoms with van der Waals surface area (Å²) in [7, 11) is 2.07. The molecule has 0 aromatic carbocycles. The Morgan fingerprint density at radius 3 is 2.44 bits per heavy atom. The van der Waals surface area contributed by atoms with Gasteiger partial charge in [-0.25, -0.2) is 0 Å². The maximum Gasteiger partial charge on any atom is 0.309 e. The van der Waals surface area contributed by atoms with Crippen molar-refractivity contribution in [1.82, 2.24) is 9.80 Å². The molecule has 18 heavy (non-hydrogen) atoms. The van der Waals surface area contributed by atoms with Crippen LogP contribution in [-0.2, 0) is 9.59 Å². The summed E-state index contributed by atoms with van der Waals surface area (Å²) in [5.41, 5.74) is -0.984. The van der Waals surface area contributed by atoms with Crippen LogP contribution in [-0.4, -0.2) is 59.5 Å². The lowest BCUT2D eigenvalue weighted by atomic mass is 9.89. The van der Waals surface area contributed by atoms with Gasteiger partial charge in [0.15, 0.2) is 0 Å². The normalized spacial score (nSPS) is 22.0. The Balaban J connectivity index is 2.60. The van der Waals surface area contributed by atoms with Crippen LogP contribution in [0.3, 0.4) is 0 Å². The molecule has 0 radical (unpaired) electrons. The second-order valence-electron chi connectivity index (χ2n) is 5.75. The van der Waals surface area contributed by atoms with Gasteiger partial charge < -0.3 is 10.0 Å². The number of hydrogen-bond acceptors (Lipinski definition) is 3. The molecule has 1 heterocycles. The summed E-state index contributed by atoms with van der Waals surface area (Å²) < 4.78 is 0. The molecule has 0 saturated carbocycles. The summed E-state index contributed by atoms with van der Waals surface area (Å²) in [6.07, 6.45) is 1.07. The number of carboxylic acids is 1. The maximum absolute atomic E-state index is 12.1. The summed E-state index contributed by atoms with van der Waals surface area (Å²) in [6.45, 7) is 7.57. The lowest BCUT2D eigenvalue weighted by Crippen LogP contribution is -2.53. The Bertz CT molecular complexity index is 328. The number of hydrogen-bond donors (Lipinski definition) is 1. The Morgan fingerprint density at radius 2 is 1.94 bits per heavy atom. The summed E-state index contributed by atoms with van der Waals surface area (Å²) >= 11 is 0. The molecule has 5 heteroatoms. The van der Waals surface area contributed by atoms with E-state index in [9.17, 15) is 9.59 Å². The van der Waals surface area contributed by atoms with E-state index in [0.29, 0.717) is 19.1 Å². The van der Waals surface area contributed by atoms with E-state index >= 15 is 0 Å². The first kappa shape index (κ1) is 15.0. The third kappa shape index (κ3) is 3.45. The Kier molecular flexibility index (Phi) is 4.73. The number of aliphatic carboxylic acids is 1. The van der Waals surface area contributed by atoms with Crippen LogP contribution in [0, 0.1) is 5.41 Å². The van der Waals surface area contributed by atoms with E-state index in [2.05, 4.69) is 18.9 Å². The third-order valence-electron chi connectivity index (χ3n) is 3.77. The second kappa shape index (κ2) is 5.69. The largest absolute Gasteiger partial charge is 0.481 e. The molecule has 0 aromatic heterocycles. The van der Waals surface area contributed by atoms with Crippen molar-refractivity contribution in [3.63, 3.8) is 0 Å². The van der Waals surface area contributed by atoms with Gasteiger partial charge in [-0.15, -0.1) is 0 Å². The molecule has 1 saturated heterocycles. The highest BCUT2D eigenvalue weighted by Crippen LogP contribution is 2.23. The fourth-order valence-electron chi connectivity index (χ4n) is 2.18. The van der Waals surface area contributed by atoms with Crippen molar-refractivity contribution in [2.45, 2.75) is 39.7 Å². The molecule has 5 nitrogen and oxygen atoms in total. The monoisotopic (exact) mass is 256 g/mol. The Morgan fingerprint density at radius 1 is 1.33 bits per heavy atom. The molecule has 1 atom stereocenters. The van der Waals surface area contributed by atoms with E-state index in [1.807, 2.05) is 0 Å². The van der Waals surface area contributed by atoms with Crippen molar-refractivity contribution in [2.75, 3.05) is 26.7 Å². The van der Waals surface area contributed by atoms with E-state index in [1.54, 1.807) is 18.7 Å². The number of amides is 1. The summed E-state index contributed by atoms with van der Waals surface area (Å²) in [6, 6.07) is 0.385. The van der Waals surface area contributed by atoms with Gasteiger partial charge in [0.05, 0.1) is 5.41 Å². The zero-order valence-electron chi connectivity index (χ0n) is 11.8. The molecule has 1 N–H and O–H groups in total. The first-order valence-electron chi connectivity index (χ1n) is 6.49. The highest BCUT2D eigenvalue weighted by Gasteiger charge is 2.34. The molecule has 0 bridgehead atoms. The number of likely N-dealkylation sites (N-methyl/N-ethyl adjacent to an activating group) is 1. The molecule has 1 aliphatic rings. The fourth-order valence-corrected chi connectivity index (χ4v) is 2.18. The third-order valence-corrected chi connectivity index (χ3v) is 3.77. The van der Waals surface area contributed by atoms with Gasteiger partial charge in [-0.2, -0.15) is 0 Å². The van der Waals surface area contributed by atoms with Crippen LogP contribution < -0.4 is 0 Å². The number of carbonyl (C=O) groups is 2. The van der Waals surface area contributed by atoms with Crippen LogP contribution in [0.25, 0.3) is 0 Å². The average molecular weight is 256 g/mol. The smallest absolute Gasteiger partial charge is 0.309 e. The van der Waals surface area contributed by atoms with E-state index in [0.717, 1.165) is 13.0 Å². The Labute approximate surface area is 109 Å². The highest BCUT2D eigenvalue weighted by molar-refractivity contribution is 5.84. The van der Waals surface area contributed by atoms with Gasteiger partial charge in [0.1, 0.15) is 0 Å². The van der Waals surface area contributed by atoms with Gasteiger partial charge in [0, 0.05) is 32.1 Å². The molecule has 0 aromatic rings. The minimum atomic E-state index is -0.984. The number of carbonyl (C=O) groups excluding carboxylic acids is 1. The predicted octanol–water partition coefficient (Wildman–Crippen LogP) is 1.04. The van der Waals surface area contributed by atoms with E-state index in [4.69, 9.17) is 5.11 Å². The quantitative estimate of drug-likeness (QED) is 0.816. The van der Waals surface area contributed by atoms with Crippen molar-refractivity contribution in [3.8, 4) is 0 Å². The number of rotatable bonds is 4. The van der Waals surface area contributed by atoms with Gasteiger partial charge in [-0.1, -0.05) is 6.92 Å². The van der Waals surface area contributed by atoms with Crippen molar-refractivity contribution < 1.29 is 14.7 Å². The van der Waals surface area contributed by atoms with Crippen LogP contribution in [0.15, 0.2) is 0 Å². The van der Waals surface area contributed by atoms with E-state index < -0.39 is 11.4 Å². The molecule has 1 aliphatic heterocycles. The number of nitrogens with zero attached hydrogens (tertiary/aromatic N) is 2.